The molecule has 0 N–H and O–H groups in total. The summed E-state index contributed by atoms with van der Waals surface area (Å²) in [5, 5.41) is 0.427. The van der Waals surface area contributed by atoms with Gasteiger partial charge in [0.25, 0.3) is 0 Å². The van der Waals surface area contributed by atoms with Gasteiger partial charge in [0.15, 0.2) is 11.6 Å². The summed E-state index contributed by atoms with van der Waals surface area (Å²) in [6.45, 7) is 0. The topological polar surface area (TPSA) is 9.23 Å². The lowest BCUT2D eigenvalue weighted by Crippen LogP contribution is -1.93. The van der Waals surface area contributed by atoms with E-state index in [1.165, 1.54) is 6.07 Å². The molecule has 0 unspecified atom stereocenters. The molecule has 0 aliphatic carbocycles. The molecule has 0 saturated heterocycles. The summed E-state index contributed by atoms with van der Waals surface area (Å²) in [5.41, 5.74) is 0.643. The summed E-state index contributed by atoms with van der Waals surface area (Å²) >= 11 is 11.6. The molecule has 2 rings (SSSR count). The Morgan fingerprint density at radius 3 is 2.50 bits per heavy atom. The van der Waals surface area contributed by atoms with Gasteiger partial charge in [-0.05, 0) is 24.3 Å². The Bertz CT molecular complexity index is 573. The predicted molar refractivity (Wildman–Crippen MR) is 67.4 cm³/mol. The van der Waals surface area contributed by atoms with Crippen LogP contribution in [-0.4, -0.2) is 0 Å². The first-order valence-corrected chi connectivity index (χ1v) is 5.98. The van der Waals surface area contributed by atoms with Crippen LogP contribution in [0.25, 0.3) is 0 Å². The van der Waals surface area contributed by atoms with Crippen LogP contribution in [0.1, 0.15) is 5.56 Å². The minimum absolute atomic E-state index is 0.184. The van der Waals surface area contributed by atoms with E-state index in [0.717, 1.165) is 18.2 Å². The zero-order valence-electron chi connectivity index (χ0n) is 9.09. The summed E-state index contributed by atoms with van der Waals surface area (Å²) in [4.78, 5) is 0. The molecule has 0 radical (unpaired) electrons. The van der Waals surface area contributed by atoms with Crippen molar-refractivity contribution in [2.24, 2.45) is 0 Å². The monoisotopic (exact) mass is 288 g/mol. The predicted octanol–water partition coefficient (Wildman–Crippen LogP) is 5.15. The van der Waals surface area contributed by atoms with E-state index in [1.807, 2.05) is 0 Å². The average molecular weight is 289 g/mol. The smallest absolute Gasteiger partial charge is 0.165 e. The number of hydrogen-bond acceptors (Lipinski definition) is 1. The first-order chi connectivity index (χ1) is 8.60. The van der Waals surface area contributed by atoms with Crippen LogP contribution < -0.4 is 4.74 Å². The van der Waals surface area contributed by atoms with Gasteiger partial charge in [0.2, 0.25) is 0 Å². The molecule has 0 amide bonds. The van der Waals surface area contributed by atoms with Gasteiger partial charge in [-0.3, -0.25) is 0 Å². The van der Waals surface area contributed by atoms with Gasteiger partial charge in [0, 0.05) is 16.7 Å². The minimum Gasteiger partial charge on any atom is -0.454 e. The number of hydrogen-bond donors (Lipinski definition) is 0. The molecule has 0 saturated carbocycles. The van der Waals surface area contributed by atoms with E-state index >= 15 is 0 Å². The lowest BCUT2D eigenvalue weighted by Gasteiger charge is -2.10. The summed E-state index contributed by atoms with van der Waals surface area (Å²) in [6.07, 6.45) is 0. The van der Waals surface area contributed by atoms with Crippen molar-refractivity contribution >= 4 is 23.2 Å². The molecule has 0 atom stereocenters. The maximum atomic E-state index is 13.4. The number of rotatable bonds is 3. The number of ether oxygens (including phenoxy) is 1. The fourth-order valence-electron chi connectivity index (χ4n) is 1.41. The second-order valence-corrected chi connectivity index (χ2v) is 4.27. The molecular weight excluding hydrogens is 281 g/mol. The lowest BCUT2D eigenvalue weighted by molar-refractivity contribution is 0.433. The highest BCUT2D eigenvalue weighted by atomic mass is 35.5. The summed E-state index contributed by atoms with van der Waals surface area (Å²) in [7, 11) is 0. The van der Waals surface area contributed by atoms with E-state index in [4.69, 9.17) is 27.9 Å². The highest BCUT2D eigenvalue weighted by molar-refractivity contribution is 6.30. The molecule has 2 aromatic carbocycles. The van der Waals surface area contributed by atoms with Gasteiger partial charge >= 0.3 is 0 Å². The van der Waals surface area contributed by atoms with Crippen LogP contribution in [0.3, 0.4) is 0 Å². The van der Waals surface area contributed by atoms with Gasteiger partial charge in [-0.1, -0.05) is 17.7 Å². The van der Waals surface area contributed by atoms with Gasteiger partial charge in [-0.15, -0.1) is 11.6 Å². The Morgan fingerprint density at radius 2 is 1.78 bits per heavy atom. The van der Waals surface area contributed by atoms with Gasteiger partial charge in [0.1, 0.15) is 11.6 Å². The number of halogens is 4. The zero-order chi connectivity index (χ0) is 13.1. The highest BCUT2D eigenvalue weighted by Crippen LogP contribution is 2.31. The molecule has 0 aliphatic heterocycles. The van der Waals surface area contributed by atoms with Crippen LogP contribution in [-0.2, 0) is 5.88 Å². The third kappa shape index (κ3) is 2.92. The Labute approximate surface area is 113 Å². The van der Waals surface area contributed by atoms with Crippen molar-refractivity contribution in [2.45, 2.75) is 5.88 Å². The van der Waals surface area contributed by atoms with Crippen molar-refractivity contribution in [3.63, 3.8) is 0 Å². The fourth-order valence-corrected chi connectivity index (χ4v) is 1.79. The van der Waals surface area contributed by atoms with Crippen LogP contribution in [0.4, 0.5) is 8.78 Å². The molecule has 0 bridgehead atoms. The summed E-state index contributed by atoms with van der Waals surface area (Å²) in [6, 6.07) is 7.80. The molecule has 2 aromatic rings. The molecule has 0 heterocycles. The zero-order valence-corrected chi connectivity index (χ0v) is 10.6. The average Bonchev–Trinajstić information content (AvgIpc) is 2.34. The van der Waals surface area contributed by atoms with Crippen molar-refractivity contribution in [3.05, 3.63) is 58.6 Å². The van der Waals surface area contributed by atoms with E-state index in [1.54, 1.807) is 12.1 Å². The summed E-state index contributed by atoms with van der Waals surface area (Å²) in [5.74, 6) is -0.952. The first kappa shape index (κ1) is 13.1. The third-order valence-electron chi connectivity index (χ3n) is 2.29. The largest absolute Gasteiger partial charge is 0.454 e. The maximum Gasteiger partial charge on any atom is 0.165 e. The Balaban J connectivity index is 2.38. The van der Waals surface area contributed by atoms with Crippen molar-refractivity contribution in [2.75, 3.05) is 0 Å². The van der Waals surface area contributed by atoms with Crippen molar-refractivity contribution in [1.29, 1.82) is 0 Å². The van der Waals surface area contributed by atoms with Crippen LogP contribution >= 0.6 is 23.2 Å². The Kier molecular flexibility index (Phi) is 4.04. The molecule has 0 aliphatic rings. The molecule has 0 aromatic heterocycles. The van der Waals surface area contributed by atoms with E-state index in [2.05, 4.69) is 0 Å². The molecular formula is C13H8Cl2F2O. The minimum atomic E-state index is -0.656. The SMILES string of the molecule is Fc1ccc(F)c(Oc2cc(Cl)ccc2CCl)c1. The van der Waals surface area contributed by atoms with E-state index in [0.29, 0.717) is 16.3 Å². The van der Waals surface area contributed by atoms with Gasteiger partial charge in [-0.25, -0.2) is 8.78 Å². The maximum absolute atomic E-state index is 13.4. The molecule has 0 spiro atoms. The van der Waals surface area contributed by atoms with Crippen LogP contribution in [0.15, 0.2) is 36.4 Å². The fraction of sp³-hybridized carbons (Fsp3) is 0.0769. The van der Waals surface area contributed by atoms with Crippen molar-refractivity contribution in [1.82, 2.24) is 0 Å². The van der Waals surface area contributed by atoms with Crippen molar-refractivity contribution in [3.8, 4) is 11.5 Å². The molecule has 94 valence electrons. The van der Waals surface area contributed by atoms with E-state index < -0.39 is 11.6 Å². The van der Waals surface area contributed by atoms with Crippen molar-refractivity contribution < 1.29 is 13.5 Å². The van der Waals surface area contributed by atoms with E-state index in [-0.39, 0.29) is 11.6 Å². The Morgan fingerprint density at radius 1 is 1.00 bits per heavy atom. The molecule has 5 heteroatoms. The standard InChI is InChI=1S/C13H8Cl2F2O/c14-7-8-1-2-9(15)5-12(8)18-13-6-10(16)3-4-11(13)17/h1-6H,7H2. The number of alkyl halides is 1. The van der Waals surface area contributed by atoms with Crippen LogP contribution in [0.2, 0.25) is 5.02 Å². The molecule has 1 nitrogen and oxygen atoms in total. The second kappa shape index (κ2) is 5.55. The van der Waals surface area contributed by atoms with Crippen LogP contribution in [0, 0.1) is 11.6 Å². The molecule has 0 fully saturated rings. The number of benzene rings is 2. The Hall–Kier alpha value is -1.32. The first-order valence-electron chi connectivity index (χ1n) is 5.07. The van der Waals surface area contributed by atoms with E-state index in [9.17, 15) is 8.78 Å². The second-order valence-electron chi connectivity index (χ2n) is 3.56. The highest BCUT2D eigenvalue weighted by Gasteiger charge is 2.10. The normalized spacial score (nSPS) is 10.4. The summed E-state index contributed by atoms with van der Waals surface area (Å²) < 4.78 is 31.8. The lowest BCUT2D eigenvalue weighted by atomic mass is 10.2. The quantitative estimate of drug-likeness (QED) is 0.710. The van der Waals surface area contributed by atoms with Gasteiger partial charge in [-0.2, -0.15) is 0 Å². The van der Waals surface area contributed by atoms with Crippen LogP contribution in [0.5, 0.6) is 11.5 Å². The molecule has 18 heavy (non-hydrogen) atoms. The van der Waals surface area contributed by atoms with Gasteiger partial charge in [0.05, 0.1) is 5.88 Å². The van der Waals surface area contributed by atoms with Gasteiger partial charge < -0.3 is 4.74 Å². The third-order valence-corrected chi connectivity index (χ3v) is 2.81.